The molecule has 0 heterocycles. The van der Waals surface area contributed by atoms with E-state index in [9.17, 15) is 4.79 Å². The van der Waals surface area contributed by atoms with Crippen molar-refractivity contribution in [1.29, 1.82) is 0 Å². The lowest BCUT2D eigenvalue weighted by Crippen LogP contribution is -2.12. The van der Waals surface area contributed by atoms with Crippen molar-refractivity contribution >= 4 is 27.5 Å². The van der Waals surface area contributed by atoms with Gasteiger partial charge in [-0.1, -0.05) is 28.1 Å². The van der Waals surface area contributed by atoms with Crippen LogP contribution in [0.4, 0.5) is 0 Å². The number of nitrogens with two attached hydrogens (primary N) is 1. The van der Waals surface area contributed by atoms with Crippen molar-refractivity contribution in [2.45, 2.75) is 25.8 Å². The molecule has 0 saturated heterocycles. The molecule has 4 heteroatoms. The van der Waals surface area contributed by atoms with Gasteiger partial charge in [0.2, 0.25) is 0 Å². The molecule has 1 aromatic carbocycles. The van der Waals surface area contributed by atoms with Crippen LogP contribution in [0, 0.1) is 0 Å². The van der Waals surface area contributed by atoms with Crippen LogP contribution in [0.5, 0.6) is 0 Å². The largest absolute Gasteiger partial charge is 0.481 e. The van der Waals surface area contributed by atoms with Crippen molar-refractivity contribution in [2.24, 2.45) is 5.73 Å². The van der Waals surface area contributed by atoms with Crippen molar-refractivity contribution in [3.05, 3.63) is 40.4 Å². The van der Waals surface area contributed by atoms with Gasteiger partial charge < -0.3 is 10.8 Å². The number of rotatable bonds is 5. The summed E-state index contributed by atoms with van der Waals surface area (Å²) in [6.45, 7) is 5.81. The summed E-state index contributed by atoms with van der Waals surface area (Å²) in [5.41, 5.74) is 8.87. The Hall–Kier alpha value is -1.13. The van der Waals surface area contributed by atoms with Crippen LogP contribution < -0.4 is 5.73 Å². The van der Waals surface area contributed by atoms with E-state index in [0.717, 1.165) is 21.2 Å². The van der Waals surface area contributed by atoms with Crippen LogP contribution in [0.2, 0.25) is 0 Å². The zero-order chi connectivity index (χ0) is 13.0. The van der Waals surface area contributed by atoms with Crippen LogP contribution in [-0.4, -0.2) is 11.1 Å². The van der Waals surface area contributed by atoms with Gasteiger partial charge in [-0.2, -0.15) is 0 Å². The molecule has 0 aromatic heterocycles. The first-order chi connectivity index (χ1) is 7.90. The predicted octanol–water partition coefficient (Wildman–Crippen LogP) is 3.35. The van der Waals surface area contributed by atoms with E-state index in [1.807, 2.05) is 25.1 Å². The maximum absolute atomic E-state index is 10.5. The third-order valence-corrected chi connectivity index (χ3v) is 2.97. The van der Waals surface area contributed by atoms with Gasteiger partial charge in [-0.05, 0) is 42.7 Å². The summed E-state index contributed by atoms with van der Waals surface area (Å²) in [5.74, 6) is -0.824. The lowest BCUT2D eigenvalue weighted by atomic mass is 9.98. The van der Waals surface area contributed by atoms with E-state index >= 15 is 0 Å². The average Bonchev–Trinajstić information content (AvgIpc) is 2.24. The fraction of sp³-hybridized carbons (Fsp3) is 0.308. The Morgan fingerprint density at radius 2 is 2.18 bits per heavy atom. The molecule has 1 unspecified atom stereocenters. The molecule has 0 spiro atoms. The lowest BCUT2D eigenvalue weighted by Gasteiger charge is -2.13. The molecule has 17 heavy (non-hydrogen) atoms. The Kier molecular flexibility index (Phi) is 4.90. The third-order valence-electron chi connectivity index (χ3n) is 2.51. The lowest BCUT2D eigenvalue weighted by molar-refractivity contribution is -0.137. The Balaban J connectivity index is 2.89. The normalized spacial score (nSPS) is 12.2. The summed E-state index contributed by atoms with van der Waals surface area (Å²) < 4.78 is 0.929. The summed E-state index contributed by atoms with van der Waals surface area (Å²) >= 11 is 3.42. The predicted molar refractivity (Wildman–Crippen MR) is 72.6 cm³/mol. The SMILES string of the molecule is C=C(C)c1cc(Br)cc(C(N)CCC(=O)O)c1. The van der Waals surface area contributed by atoms with Crippen LogP contribution in [0.3, 0.4) is 0 Å². The highest BCUT2D eigenvalue weighted by Gasteiger charge is 2.10. The first-order valence-electron chi connectivity index (χ1n) is 5.34. The Bertz CT molecular complexity index is 443. The van der Waals surface area contributed by atoms with Crippen molar-refractivity contribution in [3.8, 4) is 0 Å². The first kappa shape index (κ1) is 13.9. The summed E-state index contributed by atoms with van der Waals surface area (Å²) in [6, 6.07) is 5.58. The van der Waals surface area contributed by atoms with Crippen LogP contribution >= 0.6 is 15.9 Å². The zero-order valence-electron chi connectivity index (χ0n) is 9.74. The van der Waals surface area contributed by atoms with Gasteiger partial charge >= 0.3 is 5.97 Å². The van der Waals surface area contributed by atoms with Gasteiger partial charge in [0.15, 0.2) is 0 Å². The number of hydrogen-bond donors (Lipinski definition) is 2. The van der Waals surface area contributed by atoms with Gasteiger partial charge in [0, 0.05) is 16.9 Å². The third kappa shape index (κ3) is 4.32. The molecule has 0 radical (unpaired) electrons. The number of allylic oxidation sites excluding steroid dienone is 1. The molecule has 3 N–H and O–H groups in total. The first-order valence-corrected chi connectivity index (χ1v) is 6.13. The minimum atomic E-state index is -0.824. The fourth-order valence-corrected chi connectivity index (χ4v) is 2.03. The standard InChI is InChI=1S/C13H16BrNO2/c1-8(2)9-5-10(7-11(14)6-9)12(15)3-4-13(16)17/h5-7,12H,1,3-4,15H2,2H3,(H,16,17). The summed E-state index contributed by atoms with van der Waals surface area (Å²) in [6.07, 6.45) is 0.511. The minimum Gasteiger partial charge on any atom is -0.481 e. The molecule has 3 nitrogen and oxygen atoms in total. The van der Waals surface area contributed by atoms with Crippen molar-refractivity contribution in [3.63, 3.8) is 0 Å². The van der Waals surface area contributed by atoms with Gasteiger partial charge in [-0.25, -0.2) is 0 Å². The molecule has 0 saturated carbocycles. The second-order valence-corrected chi connectivity index (χ2v) is 5.01. The Labute approximate surface area is 109 Å². The van der Waals surface area contributed by atoms with Gasteiger partial charge in [0.05, 0.1) is 0 Å². The van der Waals surface area contributed by atoms with Crippen LogP contribution in [0.15, 0.2) is 29.3 Å². The maximum Gasteiger partial charge on any atom is 0.303 e. The topological polar surface area (TPSA) is 63.3 Å². The molecular formula is C13H16BrNO2. The van der Waals surface area contributed by atoms with Crippen molar-refractivity contribution in [2.75, 3.05) is 0 Å². The van der Waals surface area contributed by atoms with Gasteiger partial charge in [0.25, 0.3) is 0 Å². The van der Waals surface area contributed by atoms with Crippen LogP contribution in [0.25, 0.3) is 5.57 Å². The minimum absolute atomic E-state index is 0.0794. The number of hydrogen-bond acceptors (Lipinski definition) is 2. The molecule has 0 aliphatic carbocycles. The van der Waals surface area contributed by atoms with Crippen molar-refractivity contribution < 1.29 is 9.90 Å². The van der Waals surface area contributed by atoms with E-state index in [0.29, 0.717) is 6.42 Å². The molecule has 0 aliphatic rings. The molecule has 0 amide bonds. The average molecular weight is 298 g/mol. The van der Waals surface area contributed by atoms with Gasteiger partial charge in [-0.15, -0.1) is 0 Å². The van der Waals surface area contributed by atoms with E-state index in [1.54, 1.807) is 0 Å². The molecule has 1 aromatic rings. The zero-order valence-corrected chi connectivity index (χ0v) is 11.3. The molecule has 1 rings (SSSR count). The highest BCUT2D eigenvalue weighted by molar-refractivity contribution is 9.10. The van der Waals surface area contributed by atoms with E-state index in [4.69, 9.17) is 10.8 Å². The van der Waals surface area contributed by atoms with E-state index < -0.39 is 5.97 Å². The fourth-order valence-electron chi connectivity index (χ4n) is 1.52. The second kappa shape index (κ2) is 5.98. The highest BCUT2D eigenvalue weighted by Crippen LogP contribution is 2.25. The number of carboxylic acid groups (broad SMARTS) is 1. The van der Waals surface area contributed by atoms with E-state index in [1.165, 1.54) is 0 Å². The smallest absolute Gasteiger partial charge is 0.303 e. The van der Waals surface area contributed by atoms with Crippen LogP contribution in [0.1, 0.15) is 36.9 Å². The Morgan fingerprint density at radius 3 is 2.71 bits per heavy atom. The maximum atomic E-state index is 10.5. The number of aliphatic carboxylic acids is 1. The molecule has 1 atom stereocenters. The number of carboxylic acids is 1. The van der Waals surface area contributed by atoms with Gasteiger partial charge in [0.1, 0.15) is 0 Å². The van der Waals surface area contributed by atoms with Gasteiger partial charge in [-0.3, -0.25) is 4.79 Å². The molecule has 0 bridgehead atoms. The number of benzene rings is 1. The monoisotopic (exact) mass is 297 g/mol. The molecular weight excluding hydrogens is 282 g/mol. The van der Waals surface area contributed by atoms with E-state index in [2.05, 4.69) is 22.5 Å². The van der Waals surface area contributed by atoms with Crippen LogP contribution in [-0.2, 0) is 4.79 Å². The number of carbonyl (C=O) groups is 1. The Morgan fingerprint density at radius 1 is 1.53 bits per heavy atom. The molecule has 0 aliphatic heterocycles. The quantitative estimate of drug-likeness (QED) is 0.876. The molecule has 92 valence electrons. The second-order valence-electron chi connectivity index (χ2n) is 4.09. The summed E-state index contributed by atoms with van der Waals surface area (Å²) in [5, 5.41) is 8.63. The van der Waals surface area contributed by atoms with Crippen molar-refractivity contribution in [1.82, 2.24) is 0 Å². The van der Waals surface area contributed by atoms with E-state index in [-0.39, 0.29) is 12.5 Å². The summed E-state index contributed by atoms with van der Waals surface area (Å²) in [7, 11) is 0. The highest BCUT2D eigenvalue weighted by atomic mass is 79.9. The number of halogens is 1. The molecule has 0 fully saturated rings. The summed E-state index contributed by atoms with van der Waals surface area (Å²) in [4.78, 5) is 10.5.